The van der Waals surface area contributed by atoms with E-state index in [1.165, 1.54) is 6.07 Å². The quantitative estimate of drug-likeness (QED) is 0.355. The van der Waals surface area contributed by atoms with Crippen LogP contribution in [0.15, 0.2) is 33.5 Å². The molecule has 4 fully saturated rings. The number of fused-ring (bicyclic) bond motifs is 7. The molecule has 0 spiro atoms. The van der Waals surface area contributed by atoms with Crippen LogP contribution in [0.25, 0.3) is 11.0 Å². The zero-order valence-electron chi connectivity index (χ0n) is 26.0. The molecule has 43 heavy (non-hydrogen) atoms. The molecule has 4 bridgehead atoms. The highest BCUT2D eigenvalue weighted by atomic mass is 16.6. The van der Waals surface area contributed by atoms with Gasteiger partial charge < -0.3 is 18.6 Å². The molecule has 1 aromatic carbocycles. The zero-order chi connectivity index (χ0) is 31.3. The van der Waals surface area contributed by atoms with Crippen LogP contribution in [0.4, 0.5) is 0 Å². The summed E-state index contributed by atoms with van der Waals surface area (Å²) in [6.07, 6.45) is 1.54. The second-order valence-electron chi connectivity index (χ2n) is 15.4. The van der Waals surface area contributed by atoms with E-state index < -0.39 is 79.4 Å². The first-order valence-corrected chi connectivity index (χ1v) is 15.1. The van der Waals surface area contributed by atoms with Gasteiger partial charge in [-0.2, -0.15) is 0 Å². The monoisotopic (exact) mass is 590 g/mol. The molecule has 9 heteroatoms. The molecule has 6 atom stereocenters. The third-order valence-corrected chi connectivity index (χ3v) is 13.1. The van der Waals surface area contributed by atoms with Crippen molar-refractivity contribution >= 4 is 34.5 Å². The smallest absolute Gasteiger partial charge is 0.336 e. The van der Waals surface area contributed by atoms with Gasteiger partial charge in [-0.25, -0.2) is 4.79 Å². The van der Waals surface area contributed by atoms with E-state index in [0.29, 0.717) is 36.8 Å². The number of carbonyl (C=O) groups excluding carboxylic acids is 4. The van der Waals surface area contributed by atoms with E-state index >= 15 is 9.59 Å². The van der Waals surface area contributed by atoms with Crippen LogP contribution >= 0.6 is 0 Å². The largest absolute Gasteiger partial charge is 0.487 e. The number of rotatable bonds is 4. The summed E-state index contributed by atoms with van der Waals surface area (Å²) in [5, 5.41) is 0.557. The van der Waals surface area contributed by atoms with Crippen molar-refractivity contribution in [2.75, 3.05) is 0 Å². The van der Waals surface area contributed by atoms with E-state index in [-0.39, 0.29) is 11.1 Å². The summed E-state index contributed by atoms with van der Waals surface area (Å²) in [6.45, 7) is 14.7. The zero-order valence-corrected chi connectivity index (χ0v) is 26.0. The molecule has 1 aromatic heterocycles. The topological polar surface area (TPSA) is 126 Å². The molecule has 2 saturated carbocycles. The van der Waals surface area contributed by atoms with E-state index in [2.05, 4.69) is 0 Å². The minimum atomic E-state index is -1.52. The fourth-order valence-corrected chi connectivity index (χ4v) is 9.26. The van der Waals surface area contributed by atoms with Crippen molar-refractivity contribution in [3.63, 3.8) is 0 Å². The molecule has 2 aliphatic carbocycles. The number of esters is 2. The third-order valence-electron chi connectivity index (χ3n) is 13.1. The van der Waals surface area contributed by atoms with Crippen LogP contribution in [0.1, 0.15) is 92.6 Å². The van der Waals surface area contributed by atoms with E-state index in [1.54, 1.807) is 32.0 Å². The highest BCUT2D eigenvalue weighted by molar-refractivity contribution is 6.08. The Balaban J connectivity index is 1.50. The predicted octanol–water partition coefficient (Wildman–Crippen LogP) is 5.05. The number of benzene rings is 1. The van der Waals surface area contributed by atoms with Crippen molar-refractivity contribution in [2.24, 2.45) is 27.6 Å². The Bertz CT molecular complexity index is 1750. The second kappa shape index (κ2) is 7.77. The van der Waals surface area contributed by atoms with Crippen molar-refractivity contribution in [1.82, 2.24) is 0 Å². The fraction of sp³-hybridized carbons (Fsp3) is 0.618. The van der Waals surface area contributed by atoms with Gasteiger partial charge in [0.15, 0.2) is 22.8 Å². The first-order chi connectivity index (χ1) is 19.8. The Morgan fingerprint density at radius 2 is 1.19 bits per heavy atom. The van der Waals surface area contributed by atoms with Crippen LogP contribution in [0.3, 0.4) is 0 Å². The molecule has 0 N–H and O–H groups in total. The Hall–Kier alpha value is -3.49. The maximum absolute atomic E-state index is 15.4. The number of Topliss-reactive ketones (excluding diaryl/α,β-unsaturated/α-hetero) is 2. The van der Waals surface area contributed by atoms with Crippen LogP contribution in [0, 0.1) is 27.6 Å². The van der Waals surface area contributed by atoms with Gasteiger partial charge >= 0.3 is 17.6 Å². The molecule has 7 rings (SSSR count). The van der Waals surface area contributed by atoms with Crippen LogP contribution in [-0.4, -0.2) is 40.3 Å². The van der Waals surface area contributed by atoms with Gasteiger partial charge in [-0.1, -0.05) is 27.7 Å². The average Bonchev–Trinajstić information content (AvgIpc) is 3.39. The Labute approximate surface area is 249 Å². The number of ketones is 2. The minimum absolute atomic E-state index is 0.146. The molecular weight excluding hydrogens is 552 g/mol. The van der Waals surface area contributed by atoms with E-state index in [9.17, 15) is 14.4 Å². The molecule has 5 aliphatic rings. The third kappa shape index (κ3) is 2.88. The lowest BCUT2D eigenvalue weighted by Gasteiger charge is -2.49. The molecule has 0 radical (unpaired) electrons. The van der Waals surface area contributed by atoms with Gasteiger partial charge in [0.2, 0.25) is 0 Å². The van der Waals surface area contributed by atoms with Gasteiger partial charge in [-0.3, -0.25) is 19.2 Å². The Morgan fingerprint density at radius 3 is 1.67 bits per heavy atom. The second-order valence-corrected chi connectivity index (χ2v) is 15.4. The maximum Gasteiger partial charge on any atom is 0.336 e. The average molecular weight is 591 g/mol. The van der Waals surface area contributed by atoms with Crippen LogP contribution in [-0.2, 0) is 28.7 Å². The summed E-state index contributed by atoms with van der Waals surface area (Å²) in [5.41, 5.74) is -7.96. The lowest BCUT2D eigenvalue weighted by molar-refractivity contribution is -0.177. The minimum Gasteiger partial charge on any atom is -0.487 e. The van der Waals surface area contributed by atoms with Crippen LogP contribution in [0.2, 0.25) is 0 Å². The summed E-state index contributed by atoms with van der Waals surface area (Å²) < 4.78 is 24.4. The Morgan fingerprint density at radius 1 is 0.674 bits per heavy atom. The van der Waals surface area contributed by atoms with Crippen LogP contribution in [0.5, 0.6) is 5.75 Å². The van der Waals surface area contributed by atoms with E-state index in [1.807, 2.05) is 41.5 Å². The summed E-state index contributed by atoms with van der Waals surface area (Å²) in [4.78, 5) is 69.7. The molecule has 3 aliphatic heterocycles. The molecule has 0 unspecified atom stereocenters. The maximum atomic E-state index is 15.4. The van der Waals surface area contributed by atoms with Crippen molar-refractivity contribution < 1.29 is 37.8 Å². The predicted molar refractivity (Wildman–Crippen MR) is 153 cm³/mol. The van der Waals surface area contributed by atoms with Gasteiger partial charge in [0.25, 0.3) is 0 Å². The number of hydrogen-bond acceptors (Lipinski definition) is 9. The summed E-state index contributed by atoms with van der Waals surface area (Å²) in [5.74, 6) is -3.77. The number of ether oxygens (including phenoxy) is 3. The summed E-state index contributed by atoms with van der Waals surface area (Å²) in [6, 6.07) is 6.36. The normalized spacial score (nSPS) is 39.3. The van der Waals surface area contributed by atoms with Gasteiger partial charge in [-0.05, 0) is 71.6 Å². The standard InChI is InChI=1S/C34H38O9/c1-28(2)22(25(37)34-16-14-32(8,27(39)43-34)30(34,5)6)21(20-18(41-28)11-9-17-10-12-19(35)40-23(17)20)24(36)33-15-13-31(7,26(38)42-33)29(33,3)4/h9-12,21-22H,13-16H2,1-8H3/t21-,22-,31-,32-,33+,34+/m0/s1. The lowest BCUT2D eigenvalue weighted by Crippen LogP contribution is -2.62. The van der Waals surface area contributed by atoms with Crippen molar-refractivity contribution in [1.29, 1.82) is 0 Å². The molecular formula is C34H38O9. The summed E-state index contributed by atoms with van der Waals surface area (Å²) >= 11 is 0. The van der Waals surface area contributed by atoms with Crippen molar-refractivity contribution in [3.05, 3.63) is 40.2 Å². The molecule has 2 aromatic rings. The first kappa shape index (κ1) is 28.3. The molecule has 228 valence electrons. The Kier molecular flexibility index (Phi) is 5.11. The molecule has 2 saturated heterocycles. The number of hydrogen-bond donors (Lipinski definition) is 0. The van der Waals surface area contributed by atoms with Gasteiger partial charge in [0, 0.05) is 27.8 Å². The van der Waals surface area contributed by atoms with E-state index in [4.69, 9.17) is 18.6 Å². The fourth-order valence-electron chi connectivity index (χ4n) is 9.26. The van der Waals surface area contributed by atoms with Gasteiger partial charge in [0.1, 0.15) is 16.9 Å². The lowest BCUT2D eigenvalue weighted by atomic mass is 9.57. The molecule has 4 heterocycles. The molecule has 0 amide bonds. The molecule has 9 nitrogen and oxygen atoms in total. The highest BCUT2D eigenvalue weighted by Gasteiger charge is 2.80. The van der Waals surface area contributed by atoms with Crippen molar-refractivity contribution in [2.45, 2.75) is 104 Å². The van der Waals surface area contributed by atoms with Crippen molar-refractivity contribution in [3.8, 4) is 5.75 Å². The van der Waals surface area contributed by atoms with Crippen LogP contribution < -0.4 is 10.4 Å². The van der Waals surface area contributed by atoms with Gasteiger partial charge in [-0.15, -0.1) is 0 Å². The SMILES string of the molecule is CC1(C)Oc2ccc3ccc(=O)oc3c2[C@H](C(=O)[C@@]23CC[C@@](C)(C(=O)O2)C3(C)C)[C@H]1C(=O)[C@@]12CC[C@@](C)(C(=O)O1)C2(C)C. The first-order valence-electron chi connectivity index (χ1n) is 15.1. The van der Waals surface area contributed by atoms with Gasteiger partial charge in [0.05, 0.1) is 22.7 Å². The number of carbonyl (C=O) groups is 4. The highest BCUT2D eigenvalue weighted by Crippen LogP contribution is 2.70. The summed E-state index contributed by atoms with van der Waals surface area (Å²) in [7, 11) is 0. The van der Waals surface area contributed by atoms with E-state index in [0.717, 1.165) is 0 Å².